The molecule has 6 nitrogen and oxygen atoms in total. The first-order valence-corrected chi connectivity index (χ1v) is 8.16. The third-order valence-corrected chi connectivity index (χ3v) is 3.62. The molecule has 2 rings (SSSR count). The molecule has 1 amide bonds. The second-order valence-electron chi connectivity index (χ2n) is 5.65. The van der Waals surface area contributed by atoms with Crippen LogP contribution in [0.15, 0.2) is 41.5 Å². The molecule has 1 aromatic heterocycles. The molecular formula is C18H25N5O. The fourth-order valence-electron chi connectivity index (χ4n) is 2.31. The standard InChI is InChI=1S/C18H25N5O/c1-4-19-18(22-13-16(24)23(2)3)21-12-10-15-8-5-7-14-9-6-11-20-17(14)15/h5-9,11H,4,10,12-13H2,1-3H3,(H2,19,21,22). The molecule has 0 spiro atoms. The van der Waals surface area contributed by atoms with Crippen LogP contribution in [0.25, 0.3) is 10.9 Å². The number of aliphatic imine (C=N–C) groups is 1. The highest BCUT2D eigenvalue weighted by Gasteiger charge is 2.05. The number of aromatic nitrogens is 1. The maximum Gasteiger partial charge on any atom is 0.243 e. The number of amides is 1. The van der Waals surface area contributed by atoms with Gasteiger partial charge in [-0.25, -0.2) is 4.99 Å². The number of hydrogen-bond donors (Lipinski definition) is 2. The van der Waals surface area contributed by atoms with Crippen molar-refractivity contribution in [1.29, 1.82) is 0 Å². The van der Waals surface area contributed by atoms with Crippen LogP contribution in [0, 0.1) is 0 Å². The number of para-hydroxylation sites is 1. The van der Waals surface area contributed by atoms with E-state index in [1.165, 1.54) is 10.5 Å². The summed E-state index contributed by atoms with van der Waals surface area (Å²) in [5, 5.41) is 7.57. The monoisotopic (exact) mass is 327 g/mol. The normalized spacial score (nSPS) is 11.4. The number of guanidine groups is 1. The summed E-state index contributed by atoms with van der Waals surface area (Å²) < 4.78 is 0. The van der Waals surface area contributed by atoms with Crippen LogP contribution in [0.3, 0.4) is 0 Å². The number of hydrogen-bond acceptors (Lipinski definition) is 3. The molecule has 0 atom stereocenters. The highest BCUT2D eigenvalue weighted by molar-refractivity contribution is 5.85. The van der Waals surface area contributed by atoms with Gasteiger partial charge in [-0.3, -0.25) is 9.78 Å². The number of nitrogens with zero attached hydrogens (tertiary/aromatic N) is 3. The highest BCUT2D eigenvalue weighted by atomic mass is 16.2. The Balaban J connectivity index is 1.96. The summed E-state index contributed by atoms with van der Waals surface area (Å²) in [6.07, 6.45) is 2.65. The Morgan fingerprint density at radius 1 is 1.21 bits per heavy atom. The van der Waals surface area contributed by atoms with Gasteiger partial charge in [0.25, 0.3) is 0 Å². The van der Waals surface area contributed by atoms with Crippen LogP contribution in [-0.2, 0) is 11.2 Å². The fourth-order valence-corrected chi connectivity index (χ4v) is 2.31. The van der Waals surface area contributed by atoms with Crippen LogP contribution in [0.2, 0.25) is 0 Å². The molecule has 0 aliphatic rings. The molecule has 1 heterocycles. The van der Waals surface area contributed by atoms with E-state index >= 15 is 0 Å². The number of fused-ring (bicyclic) bond motifs is 1. The second kappa shape index (κ2) is 8.86. The Bertz CT molecular complexity index is 706. The average Bonchev–Trinajstić information content (AvgIpc) is 2.59. The Hall–Kier alpha value is -2.63. The smallest absolute Gasteiger partial charge is 0.243 e. The van der Waals surface area contributed by atoms with Crippen molar-refractivity contribution in [3.8, 4) is 0 Å². The van der Waals surface area contributed by atoms with Crippen LogP contribution in [0.4, 0.5) is 0 Å². The van der Waals surface area contributed by atoms with Crippen molar-refractivity contribution < 1.29 is 4.79 Å². The molecule has 1 aromatic carbocycles. The third-order valence-electron chi connectivity index (χ3n) is 3.62. The van der Waals surface area contributed by atoms with Crippen LogP contribution < -0.4 is 10.6 Å². The first-order chi connectivity index (χ1) is 11.6. The lowest BCUT2D eigenvalue weighted by Crippen LogP contribution is -2.39. The van der Waals surface area contributed by atoms with E-state index in [-0.39, 0.29) is 12.5 Å². The van der Waals surface area contributed by atoms with Crippen LogP contribution in [0.1, 0.15) is 12.5 Å². The SMILES string of the molecule is CCNC(=NCC(=O)N(C)C)NCCc1cccc2cccnc12. The topological polar surface area (TPSA) is 69.6 Å². The van der Waals surface area contributed by atoms with Gasteiger partial charge in [0, 0.05) is 38.8 Å². The van der Waals surface area contributed by atoms with Crippen molar-refractivity contribution in [3.05, 3.63) is 42.1 Å². The predicted molar refractivity (Wildman–Crippen MR) is 98.1 cm³/mol. The molecule has 0 radical (unpaired) electrons. The maximum absolute atomic E-state index is 11.6. The van der Waals surface area contributed by atoms with Gasteiger partial charge in [-0.2, -0.15) is 0 Å². The summed E-state index contributed by atoms with van der Waals surface area (Å²) in [5.74, 6) is 0.631. The van der Waals surface area contributed by atoms with Gasteiger partial charge in [0.15, 0.2) is 5.96 Å². The number of carbonyl (C=O) groups excluding carboxylic acids is 1. The van der Waals surface area contributed by atoms with E-state index in [0.717, 1.165) is 30.4 Å². The predicted octanol–water partition coefficient (Wildman–Crippen LogP) is 1.42. The van der Waals surface area contributed by atoms with Gasteiger partial charge >= 0.3 is 0 Å². The number of likely N-dealkylation sites (N-methyl/N-ethyl adjacent to an activating group) is 1. The lowest BCUT2D eigenvalue weighted by molar-refractivity contribution is -0.127. The summed E-state index contributed by atoms with van der Waals surface area (Å²) in [6, 6.07) is 10.2. The van der Waals surface area contributed by atoms with Gasteiger partial charge in [0.2, 0.25) is 5.91 Å². The first kappa shape index (κ1) is 17.7. The summed E-state index contributed by atoms with van der Waals surface area (Å²) >= 11 is 0. The molecule has 0 unspecified atom stereocenters. The van der Waals surface area contributed by atoms with Crippen molar-refractivity contribution in [2.45, 2.75) is 13.3 Å². The van der Waals surface area contributed by atoms with Gasteiger partial charge < -0.3 is 15.5 Å². The zero-order chi connectivity index (χ0) is 17.4. The van der Waals surface area contributed by atoms with Crippen LogP contribution >= 0.6 is 0 Å². The number of benzene rings is 1. The van der Waals surface area contributed by atoms with Gasteiger partial charge in [0.1, 0.15) is 6.54 Å². The van der Waals surface area contributed by atoms with Crippen molar-refractivity contribution in [1.82, 2.24) is 20.5 Å². The quantitative estimate of drug-likeness (QED) is 0.622. The Kier molecular flexibility index (Phi) is 6.54. The molecule has 2 N–H and O–H groups in total. The van der Waals surface area contributed by atoms with Gasteiger partial charge in [-0.15, -0.1) is 0 Å². The largest absolute Gasteiger partial charge is 0.357 e. The van der Waals surface area contributed by atoms with E-state index in [0.29, 0.717) is 5.96 Å². The minimum absolute atomic E-state index is 0.0227. The molecule has 0 aliphatic carbocycles. The van der Waals surface area contributed by atoms with Crippen molar-refractivity contribution >= 4 is 22.8 Å². The van der Waals surface area contributed by atoms with E-state index in [1.54, 1.807) is 14.1 Å². The summed E-state index contributed by atoms with van der Waals surface area (Å²) in [5.41, 5.74) is 2.23. The van der Waals surface area contributed by atoms with Crippen molar-refractivity contribution in [2.75, 3.05) is 33.7 Å². The fraction of sp³-hybridized carbons (Fsp3) is 0.389. The minimum Gasteiger partial charge on any atom is -0.357 e. The minimum atomic E-state index is -0.0227. The molecule has 6 heteroatoms. The summed E-state index contributed by atoms with van der Waals surface area (Å²) in [6.45, 7) is 3.60. The highest BCUT2D eigenvalue weighted by Crippen LogP contribution is 2.15. The van der Waals surface area contributed by atoms with Gasteiger partial charge in [-0.05, 0) is 25.0 Å². The van der Waals surface area contributed by atoms with Crippen LogP contribution in [0.5, 0.6) is 0 Å². The third kappa shape index (κ3) is 4.94. The van der Waals surface area contributed by atoms with E-state index in [1.807, 2.05) is 25.3 Å². The van der Waals surface area contributed by atoms with E-state index < -0.39 is 0 Å². The molecule has 0 aliphatic heterocycles. The van der Waals surface area contributed by atoms with Crippen LogP contribution in [-0.4, -0.2) is 55.5 Å². The zero-order valence-corrected chi connectivity index (χ0v) is 14.5. The summed E-state index contributed by atoms with van der Waals surface area (Å²) in [7, 11) is 3.46. The lowest BCUT2D eigenvalue weighted by Gasteiger charge is -2.13. The molecule has 2 aromatic rings. The molecule has 0 fully saturated rings. The second-order valence-corrected chi connectivity index (χ2v) is 5.65. The van der Waals surface area contributed by atoms with E-state index in [2.05, 4.69) is 38.8 Å². The summed E-state index contributed by atoms with van der Waals surface area (Å²) in [4.78, 5) is 22.0. The number of carbonyl (C=O) groups is 1. The van der Waals surface area contributed by atoms with Gasteiger partial charge in [-0.1, -0.05) is 24.3 Å². The molecule has 128 valence electrons. The number of nitrogens with one attached hydrogen (secondary N) is 2. The molecular weight excluding hydrogens is 302 g/mol. The zero-order valence-electron chi connectivity index (χ0n) is 14.5. The first-order valence-electron chi connectivity index (χ1n) is 8.16. The maximum atomic E-state index is 11.6. The molecule has 24 heavy (non-hydrogen) atoms. The van der Waals surface area contributed by atoms with Crippen molar-refractivity contribution in [2.24, 2.45) is 4.99 Å². The van der Waals surface area contributed by atoms with Gasteiger partial charge in [0.05, 0.1) is 5.52 Å². The molecule has 0 bridgehead atoms. The number of pyridine rings is 1. The Morgan fingerprint density at radius 3 is 2.75 bits per heavy atom. The van der Waals surface area contributed by atoms with Crippen molar-refractivity contribution in [3.63, 3.8) is 0 Å². The molecule has 0 saturated carbocycles. The lowest BCUT2D eigenvalue weighted by atomic mass is 10.1. The van der Waals surface area contributed by atoms with E-state index in [4.69, 9.17) is 0 Å². The average molecular weight is 327 g/mol. The Labute approximate surface area is 143 Å². The number of rotatable bonds is 6. The molecule has 0 saturated heterocycles. The Morgan fingerprint density at radius 2 is 2.00 bits per heavy atom. The van der Waals surface area contributed by atoms with E-state index in [9.17, 15) is 4.79 Å².